The molecule has 1 rings (SSSR count). The van der Waals surface area contributed by atoms with Crippen LogP contribution in [-0.2, 0) is 16.0 Å². The molecule has 116 valence electrons. The Kier molecular flexibility index (Phi) is 5.23. The first-order valence-electron chi connectivity index (χ1n) is 6.23. The third-order valence-electron chi connectivity index (χ3n) is 2.40. The van der Waals surface area contributed by atoms with Crippen LogP contribution in [0.25, 0.3) is 0 Å². The fourth-order valence-electron chi connectivity index (χ4n) is 1.55. The summed E-state index contributed by atoms with van der Waals surface area (Å²) in [4.78, 5) is 22.5. The summed E-state index contributed by atoms with van der Waals surface area (Å²) in [6.07, 6.45) is -1.18. The number of hydrogen-bond acceptors (Lipinski definition) is 4. The number of alkyl carbamates (subject to hydrolysis) is 1. The maximum atomic E-state index is 13.1. The molecule has 0 unspecified atom stereocenters. The van der Waals surface area contributed by atoms with E-state index in [2.05, 4.69) is 5.32 Å². The van der Waals surface area contributed by atoms with Crippen molar-refractivity contribution in [1.82, 2.24) is 5.32 Å². The van der Waals surface area contributed by atoms with Gasteiger partial charge in [-0.1, -0.05) is 6.07 Å². The Morgan fingerprint density at radius 2 is 1.90 bits per heavy atom. The number of carbonyl (C=O) groups is 2. The number of nitrogens with one attached hydrogen (secondary N) is 1. The van der Waals surface area contributed by atoms with E-state index in [1.165, 1.54) is 6.07 Å². The van der Waals surface area contributed by atoms with Crippen molar-refractivity contribution in [3.8, 4) is 0 Å². The third kappa shape index (κ3) is 5.76. The normalized spacial score (nSPS) is 12.6. The van der Waals surface area contributed by atoms with E-state index in [1.54, 1.807) is 20.8 Å². The van der Waals surface area contributed by atoms with Gasteiger partial charge in [0.05, 0.1) is 12.0 Å². The van der Waals surface area contributed by atoms with Crippen LogP contribution in [0, 0.1) is 11.6 Å². The Balaban J connectivity index is 2.76. The molecule has 0 aromatic heterocycles. The molecule has 0 saturated heterocycles. The van der Waals surface area contributed by atoms with Crippen LogP contribution in [0.2, 0.25) is 0 Å². The molecular formula is C14H16F2NO4-. The summed E-state index contributed by atoms with van der Waals surface area (Å²) in [7, 11) is 0. The molecule has 21 heavy (non-hydrogen) atoms. The maximum Gasteiger partial charge on any atom is 0.408 e. The Morgan fingerprint density at radius 1 is 1.29 bits per heavy atom. The van der Waals surface area contributed by atoms with Crippen molar-refractivity contribution >= 4 is 12.1 Å². The van der Waals surface area contributed by atoms with Crippen molar-refractivity contribution in [3.63, 3.8) is 0 Å². The Hall–Kier alpha value is -2.18. The number of benzene rings is 1. The van der Waals surface area contributed by atoms with Crippen LogP contribution in [0.1, 0.15) is 26.3 Å². The molecule has 1 aromatic rings. The molecule has 0 heterocycles. The van der Waals surface area contributed by atoms with Gasteiger partial charge in [0.1, 0.15) is 5.60 Å². The van der Waals surface area contributed by atoms with Crippen molar-refractivity contribution in [3.05, 3.63) is 35.4 Å². The summed E-state index contributed by atoms with van der Waals surface area (Å²) < 4.78 is 30.8. The lowest BCUT2D eigenvalue weighted by molar-refractivity contribution is -0.308. The largest absolute Gasteiger partial charge is 0.548 e. The van der Waals surface area contributed by atoms with Crippen molar-refractivity contribution in [2.75, 3.05) is 0 Å². The Bertz CT molecular complexity index is 540. The van der Waals surface area contributed by atoms with Gasteiger partial charge in [-0.15, -0.1) is 0 Å². The number of ether oxygens (including phenoxy) is 1. The van der Waals surface area contributed by atoms with Crippen molar-refractivity contribution in [2.45, 2.75) is 38.8 Å². The van der Waals surface area contributed by atoms with Gasteiger partial charge in [-0.2, -0.15) is 0 Å². The zero-order valence-corrected chi connectivity index (χ0v) is 11.9. The van der Waals surface area contributed by atoms with E-state index in [9.17, 15) is 23.5 Å². The minimum Gasteiger partial charge on any atom is -0.548 e. The monoisotopic (exact) mass is 300 g/mol. The van der Waals surface area contributed by atoms with Gasteiger partial charge in [0.15, 0.2) is 11.6 Å². The van der Waals surface area contributed by atoms with E-state index in [0.29, 0.717) is 0 Å². The number of rotatable bonds is 4. The summed E-state index contributed by atoms with van der Waals surface area (Å²) in [5.74, 6) is -3.68. The number of aliphatic carboxylic acids is 1. The van der Waals surface area contributed by atoms with Gasteiger partial charge in [0.25, 0.3) is 0 Å². The molecule has 1 aromatic carbocycles. The van der Waals surface area contributed by atoms with Crippen LogP contribution in [-0.4, -0.2) is 23.7 Å². The number of carboxylic acids is 1. The first-order chi connectivity index (χ1) is 9.58. The van der Waals surface area contributed by atoms with Crippen molar-refractivity contribution in [2.24, 2.45) is 0 Å². The van der Waals surface area contributed by atoms with Crippen LogP contribution in [0.15, 0.2) is 18.2 Å². The predicted molar refractivity (Wildman–Crippen MR) is 68.2 cm³/mol. The first kappa shape index (κ1) is 16.9. The molecular weight excluding hydrogens is 284 g/mol. The Morgan fingerprint density at radius 3 is 2.38 bits per heavy atom. The zero-order valence-electron chi connectivity index (χ0n) is 11.9. The van der Waals surface area contributed by atoms with Gasteiger partial charge in [-0.05, 0) is 44.9 Å². The SMILES string of the molecule is CC(C)(C)OC(=O)N[C@H](Cc1ccc(F)c(F)c1)C(=O)[O-]. The van der Waals surface area contributed by atoms with Crippen LogP contribution in [0.5, 0.6) is 0 Å². The molecule has 1 amide bonds. The number of hydrogen-bond donors (Lipinski definition) is 1. The number of carbonyl (C=O) groups excluding carboxylic acids is 2. The molecule has 0 aliphatic heterocycles. The molecule has 0 bridgehead atoms. The topological polar surface area (TPSA) is 78.5 Å². The van der Waals surface area contributed by atoms with Crippen molar-refractivity contribution in [1.29, 1.82) is 0 Å². The minimum atomic E-state index is -1.55. The Labute approximate surface area is 120 Å². The molecule has 0 spiro atoms. The quantitative estimate of drug-likeness (QED) is 0.904. The molecule has 5 nitrogen and oxygen atoms in total. The fraction of sp³-hybridized carbons (Fsp3) is 0.429. The van der Waals surface area contributed by atoms with Gasteiger partial charge >= 0.3 is 6.09 Å². The summed E-state index contributed by atoms with van der Waals surface area (Å²) in [6, 6.07) is 1.56. The van der Waals surface area contributed by atoms with Gasteiger partial charge < -0.3 is 20.0 Å². The van der Waals surface area contributed by atoms with Gasteiger partial charge in [-0.3, -0.25) is 0 Å². The van der Waals surface area contributed by atoms with Gasteiger partial charge in [-0.25, -0.2) is 13.6 Å². The lowest BCUT2D eigenvalue weighted by Crippen LogP contribution is -2.50. The smallest absolute Gasteiger partial charge is 0.408 e. The zero-order chi connectivity index (χ0) is 16.2. The van der Waals surface area contributed by atoms with E-state index >= 15 is 0 Å². The van der Waals surface area contributed by atoms with E-state index < -0.39 is 35.3 Å². The second-order valence-corrected chi connectivity index (χ2v) is 5.47. The molecule has 7 heteroatoms. The summed E-state index contributed by atoms with van der Waals surface area (Å²) in [6.45, 7) is 4.86. The standard InChI is InChI=1S/C14H17F2NO4/c1-14(2,3)21-13(20)17-11(12(18)19)7-8-4-5-9(15)10(16)6-8/h4-6,11H,7H2,1-3H3,(H,17,20)(H,18,19)/p-1/t11-/m1/s1. The second-order valence-electron chi connectivity index (χ2n) is 5.47. The summed E-state index contributed by atoms with van der Waals surface area (Å²) in [5.41, 5.74) is -0.582. The highest BCUT2D eigenvalue weighted by molar-refractivity contribution is 5.79. The molecule has 1 atom stereocenters. The molecule has 0 aliphatic rings. The van der Waals surface area contributed by atoms with Crippen molar-refractivity contribution < 1.29 is 28.2 Å². The molecule has 0 fully saturated rings. The number of carboxylic acid groups (broad SMARTS) is 1. The van der Waals surface area contributed by atoms with E-state index in [-0.39, 0.29) is 12.0 Å². The fourth-order valence-corrected chi connectivity index (χ4v) is 1.55. The molecule has 0 radical (unpaired) electrons. The number of halogens is 2. The van der Waals surface area contributed by atoms with Crippen LogP contribution >= 0.6 is 0 Å². The van der Waals surface area contributed by atoms with E-state index in [0.717, 1.165) is 12.1 Å². The average molecular weight is 300 g/mol. The lowest BCUT2D eigenvalue weighted by Gasteiger charge is -2.24. The molecule has 1 N–H and O–H groups in total. The van der Waals surface area contributed by atoms with Gasteiger partial charge in [0, 0.05) is 0 Å². The van der Waals surface area contributed by atoms with Crippen LogP contribution < -0.4 is 10.4 Å². The minimum absolute atomic E-state index is 0.208. The second kappa shape index (κ2) is 6.51. The third-order valence-corrected chi connectivity index (χ3v) is 2.40. The average Bonchev–Trinajstić information content (AvgIpc) is 2.30. The highest BCUT2D eigenvalue weighted by Crippen LogP contribution is 2.11. The van der Waals surface area contributed by atoms with Gasteiger partial charge in [0.2, 0.25) is 0 Å². The first-order valence-corrected chi connectivity index (χ1v) is 6.23. The van der Waals surface area contributed by atoms with E-state index in [4.69, 9.17) is 4.74 Å². The molecule has 0 saturated carbocycles. The molecule has 0 aliphatic carbocycles. The summed E-state index contributed by atoms with van der Waals surface area (Å²) >= 11 is 0. The lowest BCUT2D eigenvalue weighted by atomic mass is 10.1. The highest BCUT2D eigenvalue weighted by atomic mass is 19.2. The van der Waals surface area contributed by atoms with Crippen LogP contribution in [0.3, 0.4) is 0 Å². The number of amides is 1. The maximum absolute atomic E-state index is 13.1. The summed E-state index contributed by atoms with van der Waals surface area (Å²) in [5, 5.41) is 13.1. The predicted octanol–water partition coefficient (Wildman–Crippen LogP) is 1.15. The van der Waals surface area contributed by atoms with E-state index in [1.807, 2.05) is 0 Å². The van der Waals surface area contributed by atoms with Crippen LogP contribution in [0.4, 0.5) is 13.6 Å². The highest BCUT2D eigenvalue weighted by Gasteiger charge is 2.20.